The molecule has 0 radical (unpaired) electrons. The maximum absolute atomic E-state index is 13.7. The molecule has 2 N–H and O–H groups in total. The lowest BCUT2D eigenvalue weighted by molar-refractivity contribution is -0.890. The molecule has 0 saturated carbocycles. The van der Waals surface area contributed by atoms with Crippen LogP contribution in [0.1, 0.15) is 84.2 Å². The van der Waals surface area contributed by atoms with Gasteiger partial charge in [0.25, 0.3) is 0 Å². The van der Waals surface area contributed by atoms with E-state index in [2.05, 4.69) is 52.7 Å². The van der Waals surface area contributed by atoms with E-state index in [4.69, 9.17) is 0 Å². The molecule has 3 rings (SSSR count). The summed E-state index contributed by atoms with van der Waals surface area (Å²) in [5.41, 5.74) is 3.54. The maximum Gasteiger partial charge on any atom is 0.196 e. The number of fused-ring (bicyclic) bond motifs is 2. The van der Waals surface area contributed by atoms with E-state index in [1.54, 1.807) is 12.1 Å². The molecule has 0 aliphatic heterocycles. The van der Waals surface area contributed by atoms with Crippen LogP contribution in [0.15, 0.2) is 36.4 Å². The van der Waals surface area contributed by atoms with E-state index in [0.717, 1.165) is 59.4 Å². The first-order chi connectivity index (χ1) is 18.1. The van der Waals surface area contributed by atoms with Gasteiger partial charge in [0.2, 0.25) is 0 Å². The van der Waals surface area contributed by atoms with Crippen molar-refractivity contribution < 1.29 is 18.6 Å². The van der Waals surface area contributed by atoms with Crippen molar-refractivity contribution in [3.8, 4) is 0 Å². The fraction of sp³-hybridized carbons (Fsp3) is 0.562. The Morgan fingerprint density at radius 1 is 0.579 bits per heavy atom. The fourth-order valence-electron chi connectivity index (χ4n) is 5.37. The van der Waals surface area contributed by atoms with E-state index in [-0.39, 0.29) is 11.6 Å². The number of quaternary nitrogens is 2. The molecule has 2 aromatic carbocycles. The molecule has 38 heavy (non-hydrogen) atoms. The van der Waals surface area contributed by atoms with E-state index >= 15 is 0 Å². The highest BCUT2D eigenvalue weighted by Crippen LogP contribution is 2.36. The van der Waals surface area contributed by atoms with Gasteiger partial charge in [0.1, 0.15) is 0 Å². The molecule has 0 unspecified atom stereocenters. The molecule has 6 nitrogen and oxygen atoms in total. The van der Waals surface area contributed by atoms with Crippen LogP contribution in [0.25, 0.3) is 0 Å². The van der Waals surface area contributed by atoms with E-state index in [9.17, 15) is 9.59 Å². The SMILES string of the molecule is CCCC[N+](C)(C)CCCNc1ccc(NCCC[N+](C)(C)CCCC)c2c1C(=O)c1ccccc1C2=O. The molecule has 208 valence electrons. The van der Waals surface area contributed by atoms with Crippen LogP contribution in [0.2, 0.25) is 0 Å². The zero-order valence-electron chi connectivity index (χ0n) is 24.7. The van der Waals surface area contributed by atoms with Crippen LogP contribution >= 0.6 is 0 Å². The Labute approximate surface area is 230 Å². The number of carbonyl (C=O) groups excluding carboxylic acids is 2. The lowest BCUT2D eigenvalue weighted by Gasteiger charge is -2.30. The van der Waals surface area contributed by atoms with Crippen molar-refractivity contribution >= 4 is 22.9 Å². The van der Waals surface area contributed by atoms with Gasteiger partial charge >= 0.3 is 0 Å². The van der Waals surface area contributed by atoms with Gasteiger partial charge in [-0.1, -0.05) is 51.0 Å². The Bertz CT molecular complexity index is 1020. The Kier molecular flexibility index (Phi) is 10.5. The topological polar surface area (TPSA) is 58.2 Å². The monoisotopic (exact) mass is 522 g/mol. The molecule has 0 amide bonds. The Morgan fingerprint density at radius 2 is 0.947 bits per heavy atom. The third kappa shape index (κ3) is 7.67. The summed E-state index contributed by atoms with van der Waals surface area (Å²) < 4.78 is 1.99. The van der Waals surface area contributed by atoms with Gasteiger partial charge in [0, 0.05) is 48.4 Å². The predicted octanol–water partition coefficient (Wildman–Crippen LogP) is 5.82. The smallest absolute Gasteiger partial charge is 0.196 e. The number of unbranched alkanes of at least 4 members (excludes halogenated alkanes) is 2. The van der Waals surface area contributed by atoms with Gasteiger partial charge < -0.3 is 19.6 Å². The normalized spacial score (nSPS) is 13.3. The molecule has 0 aromatic heterocycles. The summed E-state index contributed by atoms with van der Waals surface area (Å²) in [7, 11) is 9.11. The number of ketones is 2. The summed E-state index contributed by atoms with van der Waals surface area (Å²) in [5.74, 6) is -0.143. The molecule has 1 aliphatic carbocycles. The molecule has 1 aliphatic rings. The third-order valence-electron chi connectivity index (χ3n) is 7.82. The van der Waals surface area contributed by atoms with Crippen molar-refractivity contribution in [3.63, 3.8) is 0 Å². The van der Waals surface area contributed by atoms with Crippen molar-refractivity contribution in [3.05, 3.63) is 58.7 Å². The van der Waals surface area contributed by atoms with Gasteiger partial charge in [-0.25, -0.2) is 0 Å². The molecular formula is C32H50N4O2+2. The highest BCUT2D eigenvalue weighted by Gasteiger charge is 2.33. The second-order valence-corrected chi connectivity index (χ2v) is 12.1. The number of benzene rings is 2. The third-order valence-corrected chi connectivity index (χ3v) is 7.82. The molecule has 0 fully saturated rings. The fourth-order valence-corrected chi connectivity index (χ4v) is 5.37. The summed E-state index contributed by atoms with van der Waals surface area (Å²) in [5, 5.41) is 7.01. The molecule has 0 heterocycles. The molecule has 0 atom stereocenters. The second kappa shape index (κ2) is 13.4. The van der Waals surface area contributed by atoms with Gasteiger partial charge in [-0.05, 0) is 25.0 Å². The number of hydrogen-bond donors (Lipinski definition) is 2. The average molecular weight is 523 g/mol. The molecule has 6 heteroatoms. The highest BCUT2D eigenvalue weighted by molar-refractivity contribution is 6.31. The van der Waals surface area contributed by atoms with Crippen molar-refractivity contribution in [2.45, 2.75) is 52.4 Å². The van der Waals surface area contributed by atoms with Gasteiger partial charge in [0.15, 0.2) is 11.6 Å². The van der Waals surface area contributed by atoms with Crippen molar-refractivity contribution in [1.82, 2.24) is 0 Å². The van der Waals surface area contributed by atoms with E-state index in [1.807, 2.05) is 24.3 Å². The molecule has 0 bridgehead atoms. The maximum atomic E-state index is 13.7. The van der Waals surface area contributed by atoms with Crippen LogP contribution in [0.4, 0.5) is 11.4 Å². The average Bonchev–Trinajstić information content (AvgIpc) is 2.90. The van der Waals surface area contributed by atoms with Crippen LogP contribution in [-0.2, 0) is 0 Å². The number of anilines is 2. The van der Waals surface area contributed by atoms with E-state index in [0.29, 0.717) is 22.3 Å². The number of nitrogens with one attached hydrogen (secondary N) is 2. The predicted molar refractivity (Wildman–Crippen MR) is 159 cm³/mol. The minimum absolute atomic E-state index is 0.0715. The van der Waals surface area contributed by atoms with Crippen LogP contribution in [-0.4, -0.2) is 88.0 Å². The standard InChI is InChI=1S/C32H48N4O2/c1-7-9-21-35(3,4)23-13-19-33-27-17-18-28(34-20-14-24-36(5,6)22-10-8-2)30-29(27)31(37)25-15-11-12-16-26(25)32(30)38/h11-12,15-18H,7-10,13-14,19-24H2,1-6H3/p+2. The zero-order valence-corrected chi connectivity index (χ0v) is 24.7. The highest BCUT2D eigenvalue weighted by atomic mass is 16.1. The number of nitrogens with zero attached hydrogens (tertiary/aromatic N) is 2. The van der Waals surface area contributed by atoms with Gasteiger partial charge in [-0.3, -0.25) is 9.59 Å². The minimum atomic E-state index is -0.0715. The molecule has 2 aromatic rings. The van der Waals surface area contributed by atoms with Crippen molar-refractivity contribution in [2.75, 3.05) is 78.1 Å². The number of carbonyl (C=O) groups is 2. The van der Waals surface area contributed by atoms with Crippen molar-refractivity contribution in [1.29, 1.82) is 0 Å². The van der Waals surface area contributed by atoms with E-state index < -0.39 is 0 Å². The van der Waals surface area contributed by atoms with Crippen LogP contribution in [0, 0.1) is 0 Å². The number of hydrogen-bond acceptors (Lipinski definition) is 4. The summed E-state index contributed by atoms with van der Waals surface area (Å²) >= 11 is 0. The minimum Gasteiger partial charge on any atom is -0.384 e. The first-order valence-electron chi connectivity index (χ1n) is 14.6. The van der Waals surface area contributed by atoms with Crippen molar-refractivity contribution in [2.24, 2.45) is 0 Å². The van der Waals surface area contributed by atoms with E-state index in [1.165, 1.54) is 38.8 Å². The summed E-state index contributed by atoms with van der Waals surface area (Å²) in [4.78, 5) is 27.3. The summed E-state index contributed by atoms with van der Waals surface area (Å²) in [6.07, 6.45) is 6.87. The Balaban J connectivity index is 1.77. The lowest BCUT2D eigenvalue weighted by Crippen LogP contribution is -2.41. The van der Waals surface area contributed by atoms with Crippen LogP contribution in [0.5, 0.6) is 0 Å². The largest absolute Gasteiger partial charge is 0.384 e. The van der Waals surface area contributed by atoms with Gasteiger partial charge in [0.05, 0.1) is 65.5 Å². The molecular weight excluding hydrogens is 472 g/mol. The van der Waals surface area contributed by atoms with Gasteiger partial charge in [-0.15, -0.1) is 0 Å². The van der Waals surface area contributed by atoms with Crippen LogP contribution in [0.3, 0.4) is 0 Å². The number of rotatable bonds is 16. The van der Waals surface area contributed by atoms with Gasteiger partial charge in [-0.2, -0.15) is 0 Å². The quantitative estimate of drug-likeness (QED) is 0.184. The second-order valence-electron chi connectivity index (χ2n) is 12.1. The lowest BCUT2D eigenvalue weighted by atomic mass is 9.82. The Morgan fingerprint density at radius 3 is 1.32 bits per heavy atom. The first-order valence-corrected chi connectivity index (χ1v) is 14.6. The Hall–Kier alpha value is -2.70. The summed E-state index contributed by atoms with van der Waals surface area (Å²) in [6, 6.07) is 11.1. The zero-order chi connectivity index (χ0) is 27.8. The molecule has 0 spiro atoms. The first kappa shape index (κ1) is 29.9. The van der Waals surface area contributed by atoms with Crippen LogP contribution < -0.4 is 10.6 Å². The summed E-state index contributed by atoms with van der Waals surface area (Å²) in [6.45, 7) is 10.5. The molecule has 0 saturated heterocycles.